The van der Waals surface area contributed by atoms with Crippen molar-refractivity contribution in [3.05, 3.63) is 58.5 Å². The summed E-state index contributed by atoms with van der Waals surface area (Å²) in [6.07, 6.45) is 0. The number of aliphatic hydroxyl groups is 1. The van der Waals surface area contributed by atoms with Crippen LogP contribution in [0.5, 0.6) is 5.75 Å². The Hall–Kier alpha value is -3.25. The average molecular weight is 510 g/mol. The van der Waals surface area contributed by atoms with Crippen LogP contribution in [0.4, 0.5) is 8.78 Å². The summed E-state index contributed by atoms with van der Waals surface area (Å²) in [7, 11) is -3.17. The van der Waals surface area contributed by atoms with E-state index in [-0.39, 0.29) is 35.1 Å². The van der Waals surface area contributed by atoms with Gasteiger partial charge in [0.25, 0.3) is 5.91 Å². The van der Waals surface area contributed by atoms with Crippen LogP contribution in [0, 0.1) is 0 Å². The quantitative estimate of drug-likeness (QED) is 0.503. The second-order valence-corrected chi connectivity index (χ2v) is 11.7. The van der Waals surface area contributed by atoms with E-state index in [9.17, 15) is 31.9 Å². The molecule has 35 heavy (non-hydrogen) atoms. The Morgan fingerprint density at radius 1 is 1.20 bits per heavy atom. The van der Waals surface area contributed by atoms with Gasteiger partial charge in [-0.05, 0) is 51.1 Å². The van der Waals surface area contributed by atoms with Gasteiger partial charge in [-0.1, -0.05) is 6.07 Å². The third kappa shape index (κ3) is 5.22. The molecule has 9 nitrogen and oxygen atoms in total. The molecule has 0 unspecified atom stereocenters. The molecule has 2 N–H and O–H groups in total. The highest BCUT2D eigenvalue weighted by Gasteiger charge is 2.45. The van der Waals surface area contributed by atoms with Gasteiger partial charge in [-0.15, -0.1) is 0 Å². The lowest BCUT2D eigenvalue weighted by molar-refractivity contribution is -0.0498. The number of halogens is 2. The Morgan fingerprint density at radius 2 is 1.89 bits per heavy atom. The Balaban J connectivity index is 1.80. The van der Waals surface area contributed by atoms with E-state index in [2.05, 4.69) is 10.1 Å². The lowest BCUT2D eigenvalue weighted by Gasteiger charge is -2.38. The van der Waals surface area contributed by atoms with Crippen LogP contribution in [-0.2, 0) is 16.4 Å². The van der Waals surface area contributed by atoms with Crippen molar-refractivity contribution in [3.8, 4) is 11.4 Å². The number of sulfone groups is 1. The highest BCUT2D eigenvalue weighted by Crippen LogP contribution is 2.26. The van der Waals surface area contributed by atoms with Crippen LogP contribution in [0.3, 0.4) is 0 Å². The monoisotopic (exact) mass is 509 g/mol. The number of carbonyl (C=O) groups is 1. The predicted molar refractivity (Wildman–Crippen MR) is 125 cm³/mol. The normalized spacial score (nSPS) is 16.8. The van der Waals surface area contributed by atoms with Crippen LogP contribution in [-0.4, -0.2) is 57.8 Å². The van der Waals surface area contributed by atoms with Crippen LogP contribution < -0.4 is 15.7 Å². The first-order valence-electron chi connectivity index (χ1n) is 10.7. The van der Waals surface area contributed by atoms with Gasteiger partial charge in [-0.25, -0.2) is 13.2 Å². The molecule has 2 heterocycles. The fourth-order valence-electron chi connectivity index (χ4n) is 4.33. The van der Waals surface area contributed by atoms with E-state index in [1.807, 2.05) is 0 Å². The molecule has 188 valence electrons. The maximum Gasteiger partial charge on any atom is 0.387 e. The van der Waals surface area contributed by atoms with Crippen molar-refractivity contribution < 1.29 is 31.8 Å². The van der Waals surface area contributed by atoms with Gasteiger partial charge in [-0.3, -0.25) is 13.9 Å². The topological polar surface area (TPSA) is 120 Å². The van der Waals surface area contributed by atoms with Crippen molar-refractivity contribution in [1.82, 2.24) is 14.5 Å². The summed E-state index contributed by atoms with van der Waals surface area (Å²) >= 11 is 0. The molecule has 0 bridgehead atoms. The van der Waals surface area contributed by atoms with Crippen molar-refractivity contribution >= 4 is 26.8 Å². The molecule has 1 saturated heterocycles. The second kappa shape index (κ2) is 8.45. The third-order valence-corrected chi connectivity index (χ3v) is 7.68. The fraction of sp³-hybridized carbons (Fsp3) is 0.391. The van der Waals surface area contributed by atoms with Gasteiger partial charge in [0.05, 0.1) is 45.9 Å². The minimum Gasteiger partial charge on any atom is -0.435 e. The van der Waals surface area contributed by atoms with Crippen LogP contribution in [0.2, 0.25) is 0 Å². The fourth-order valence-corrected chi connectivity index (χ4v) is 6.33. The summed E-state index contributed by atoms with van der Waals surface area (Å²) in [4.78, 5) is 26.3. The number of nitrogens with one attached hydrogen (secondary N) is 1. The summed E-state index contributed by atoms with van der Waals surface area (Å²) in [5.74, 6) is -0.964. The third-order valence-electron chi connectivity index (χ3n) is 5.53. The number of fused-ring (bicyclic) bond motifs is 1. The van der Waals surface area contributed by atoms with E-state index in [0.29, 0.717) is 11.0 Å². The second-order valence-electron chi connectivity index (χ2n) is 9.64. The zero-order valence-electron chi connectivity index (χ0n) is 19.3. The maximum atomic E-state index is 13.4. The van der Waals surface area contributed by atoms with Crippen LogP contribution in [0.25, 0.3) is 16.7 Å². The Kier molecular flexibility index (Phi) is 6.00. The predicted octanol–water partition coefficient (Wildman–Crippen LogP) is 2.08. The summed E-state index contributed by atoms with van der Waals surface area (Å²) in [6, 6.07) is 10.1. The number of imidazole rings is 1. The number of hydrogen-bond donors (Lipinski definition) is 2. The molecule has 0 aliphatic carbocycles. The molecule has 3 aromatic rings. The number of hydrogen-bond acceptors (Lipinski definition) is 6. The number of amides is 1. The van der Waals surface area contributed by atoms with Gasteiger partial charge in [0.2, 0.25) is 0 Å². The van der Waals surface area contributed by atoms with Crippen LogP contribution in [0.1, 0.15) is 31.1 Å². The van der Waals surface area contributed by atoms with Gasteiger partial charge >= 0.3 is 12.3 Å². The molecule has 0 saturated carbocycles. The van der Waals surface area contributed by atoms with Gasteiger partial charge < -0.3 is 15.2 Å². The Labute approximate surface area is 199 Å². The standard InChI is InChI=1S/C23H25F2N3O6S/c1-22(2,31)11-27-18-9-14(19(29)26-23(3)12-35(32,33)13-23)7-8-17(18)28(21(27)30)15-5-4-6-16(10-15)34-20(24)25/h4-10,20,31H,11-13H2,1-3H3,(H,26,29). The van der Waals surface area contributed by atoms with Crippen molar-refractivity contribution in [2.45, 2.75) is 45.1 Å². The van der Waals surface area contributed by atoms with E-state index in [1.54, 1.807) is 13.0 Å². The zero-order chi connectivity index (χ0) is 25.8. The number of carbonyl (C=O) groups excluding carboxylic acids is 1. The first kappa shape index (κ1) is 24.9. The van der Waals surface area contributed by atoms with E-state index < -0.39 is 39.2 Å². The molecule has 1 amide bonds. The molecular weight excluding hydrogens is 484 g/mol. The first-order chi connectivity index (χ1) is 16.2. The summed E-state index contributed by atoms with van der Waals surface area (Å²) in [6.45, 7) is 1.54. The lowest BCUT2D eigenvalue weighted by Crippen LogP contribution is -2.63. The highest BCUT2D eigenvalue weighted by molar-refractivity contribution is 7.93. The average Bonchev–Trinajstić information content (AvgIpc) is 2.95. The van der Waals surface area contributed by atoms with E-state index in [4.69, 9.17) is 0 Å². The SMILES string of the molecule is CC(C)(O)Cn1c(=O)n(-c2cccc(OC(F)F)c2)c2ccc(C(=O)NC3(C)CS(=O)(=O)C3)cc21. The summed E-state index contributed by atoms with van der Waals surface area (Å²) in [5.41, 5.74) is -1.55. The van der Waals surface area contributed by atoms with Gasteiger partial charge in [0, 0.05) is 11.6 Å². The van der Waals surface area contributed by atoms with Gasteiger partial charge in [-0.2, -0.15) is 8.78 Å². The highest BCUT2D eigenvalue weighted by atomic mass is 32.2. The minimum absolute atomic E-state index is 0.108. The minimum atomic E-state index is -3.17. The van der Waals surface area contributed by atoms with Crippen molar-refractivity contribution in [3.63, 3.8) is 0 Å². The van der Waals surface area contributed by atoms with Crippen LogP contribution >= 0.6 is 0 Å². The van der Waals surface area contributed by atoms with Gasteiger partial charge in [0.15, 0.2) is 9.84 Å². The molecule has 4 rings (SSSR count). The van der Waals surface area contributed by atoms with Crippen molar-refractivity contribution in [2.24, 2.45) is 0 Å². The number of aromatic nitrogens is 2. The largest absolute Gasteiger partial charge is 0.435 e. The van der Waals surface area contributed by atoms with E-state index in [0.717, 1.165) is 0 Å². The van der Waals surface area contributed by atoms with Crippen molar-refractivity contribution in [1.29, 1.82) is 0 Å². The molecule has 1 aromatic heterocycles. The smallest absolute Gasteiger partial charge is 0.387 e. The number of benzene rings is 2. The number of alkyl halides is 2. The number of ether oxygens (including phenoxy) is 1. The molecule has 0 radical (unpaired) electrons. The number of rotatable bonds is 7. The lowest BCUT2D eigenvalue weighted by atomic mass is 10.1. The van der Waals surface area contributed by atoms with E-state index in [1.165, 1.54) is 59.4 Å². The van der Waals surface area contributed by atoms with E-state index >= 15 is 0 Å². The van der Waals surface area contributed by atoms with Crippen LogP contribution in [0.15, 0.2) is 47.3 Å². The maximum absolute atomic E-state index is 13.4. The Morgan fingerprint density at radius 3 is 2.49 bits per heavy atom. The summed E-state index contributed by atoms with van der Waals surface area (Å²) in [5, 5.41) is 13.1. The number of nitrogens with zero attached hydrogens (tertiary/aromatic N) is 2. The molecule has 0 spiro atoms. The van der Waals surface area contributed by atoms with Crippen molar-refractivity contribution in [2.75, 3.05) is 11.5 Å². The van der Waals surface area contributed by atoms with Gasteiger partial charge in [0.1, 0.15) is 5.75 Å². The molecule has 2 aromatic carbocycles. The summed E-state index contributed by atoms with van der Waals surface area (Å²) < 4.78 is 55.5. The Bertz CT molecular complexity index is 1460. The first-order valence-corrected chi connectivity index (χ1v) is 12.5. The molecule has 12 heteroatoms. The molecule has 1 aliphatic heterocycles. The zero-order valence-corrected chi connectivity index (χ0v) is 20.1. The molecule has 0 atom stereocenters. The molecule has 1 fully saturated rings. The molecule has 1 aliphatic rings. The molecular formula is C23H25F2N3O6S.